The van der Waals surface area contributed by atoms with Crippen molar-refractivity contribution in [2.75, 3.05) is 19.1 Å². The van der Waals surface area contributed by atoms with Crippen molar-refractivity contribution in [2.24, 2.45) is 23.2 Å². The highest BCUT2D eigenvalue weighted by Crippen LogP contribution is 2.58. The molecular weight excluding hydrogens is 388 g/mol. The molecule has 0 spiro atoms. The van der Waals surface area contributed by atoms with Crippen LogP contribution in [0.25, 0.3) is 0 Å². The van der Waals surface area contributed by atoms with Crippen LogP contribution in [0.1, 0.15) is 13.8 Å². The molecule has 1 saturated carbocycles. The Morgan fingerprint density at radius 2 is 1.87 bits per heavy atom. The van der Waals surface area contributed by atoms with Crippen LogP contribution < -0.4 is 10.2 Å². The predicted molar refractivity (Wildman–Crippen MR) is 107 cm³/mol. The van der Waals surface area contributed by atoms with E-state index in [9.17, 15) is 19.5 Å². The molecule has 160 valence electrons. The van der Waals surface area contributed by atoms with Crippen molar-refractivity contribution in [1.29, 1.82) is 0 Å². The number of methoxy groups -OCH3 is 2. The lowest BCUT2D eigenvalue weighted by Crippen LogP contribution is -2.63. The molecule has 1 aromatic carbocycles. The van der Waals surface area contributed by atoms with Gasteiger partial charge in [-0.05, 0) is 25.0 Å². The lowest BCUT2D eigenvalue weighted by atomic mass is 9.53. The number of imide groups is 1. The topological polar surface area (TPSA) is 105 Å². The van der Waals surface area contributed by atoms with Gasteiger partial charge in [-0.1, -0.05) is 36.8 Å². The van der Waals surface area contributed by atoms with Gasteiger partial charge >= 0.3 is 12.0 Å². The number of allylic oxidation sites excluding steroid dienone is 1. The third-order valence-electron chi connectivity index (χ3n) is 7.07. The van der Waals surface area contributed by atoms with Crippen LogP contribution in [0.5, 0.6) is 0 Å². The smallest absolute Gasteiger partial charge is 0.329 e. The number of anilines is 1. The Bertz CT molecular complexity index is 915. The molecule has 8 heteroatoms. The molecule has 1 saturated heterocycles. The van der Waals surface area contributed by atoms with E-state index in [0.29, 0.717) is 11.3 Å². The highest BCUT2D eigenvalue weighted by atomic mass is 16.5. The van der Waals surface area contributed by atoms with Gasteiger partial charge in [0.25, 0.3) is 0 Å². The van der Waals surface area contributed by atoms with Gasteiger partial charge in [0.1, 0.15) is 17.6 Å². The second-order valence-corrected chi connectivity index (χ2v) is 8.25. The molecule has 1 aromatic rings. The highest BCUT2D eigenvalue weighted by molar-refractivity contribution is 6.16. The number of para-hydroxylation sites is 1. The summed E-state index contributed by atoms with van der Waals surface area (Å²) in [5.74, 6) is -2.77. The van der Waals surface area contributed by atoms with Crippen molar-refractivity contribution in [3.05, 3.63) is 42.0 Å². The number of esters is 1. The predicted octanol–water partition coefficient (Wildman–Crippen LogP) is 1.49. The van der Waals surface area contributed by atoms with E-state index in [1.165, 1.54) is 14.2 Å². The number of benzene rings is 1. The van der Waals surface area contributed by atoms with Gasteiger partial charge in [-0.2, -0.15) is 0 Å². The van der Waals surface area contributed by atoms with Crippen LogP contribution in [0, 0.1) is 23.2 Å². The molecule has 7 atom stereocenters. The van der Waals surface area contributed by atoms with E-state index in [1.54, 1.807) is 37.3 Å². The first kappa shape index (κ1) is 20.6. The average molecular weight is 414 g/mol. The van der Waals surface area contributed by atoms with Gasteiger partial charge in [-0.25, -0.2) is 9.69 Å². The SMILES string of the molecule is COC(=O)C12C(C)=CC1C1C(=O)N(c3ccccc3)C(=O)NC(C1C)C(OC)C2O. The van der Waals surface area contributed by atoms with E-state index in [1.807, 2.05) is 13.0 Å². The van der Waals surface area contributed by atoms with Crippen LogP contribution in [0.4, 0.5) is 10.5 Å². The van der Waals surface area contributed by atoms with Gasteiger partial charge in [0, 0.05) is 13.0 Å². The molecular formula is C22H26N2O6. The number of aliphatic hydroxyl groups excluding tert-OH is 1. The molecule has 1 aliphatic heterocycles. The van der Waals surface area contributed by atoms with Crippen LogP contribution in [-0.4, -0.2) is 55.5 Å². The molecule has 2 bridgehead atoms. The lowest BCUT2D eigenvalue weighted by Gasteiger charge is -2.50. The summed E-state index contributed by atoms with van der Waals surface area (Å²) in [5, 5.41) is 14.2. The molecule has 0 aromatic heterocycles. The number of carbonyl (C=O) groups is 3. The van der Waals surface area contributed by atoms with E-state index in [4.69, 9.17) is 9.47 Å². The van der Waals surface area contributed by atoms with Gasteiger partial charge in [0.2, 0.25) is 5.91 Å². The Hall–Kier alpha value is -2.71. The number of amides is 3. The Kier molecular flexibility index (Phi) is 4.94. The van der Waals surface area contributed by atoms with Crippen molar-refractivity contribution in [3.8, 4) is 0 Å². The second kappa shape index (κ2) is 7.21. The molecule has 3 aliphatic rings. The first-order chi connectivity index (χ1) is 14.3. The number of urea groups is 1. The third kappa shape index (κ3) is 2.50. The maximum atomic E-state index is 13.7. The molecule has 4 rings (SSSR count). The van der Waals surface area contributed by atoms with Gasteiger partial charge in [-0.3, -0.25) is 9.59 Å². The summed E-state index contributed by atoms with van der Waals surface area (Å²) in [5.41, 5.74) is -0.322. The number of aliphatic hydroxyl groups is 1. The third-order valence-corrected chi connectivity index (χ3v) is 7.07. The van der Waals surface area contributed by atoms with Crippen molar-refractivity contribution in [2.45, 2.75) is 32.1 Å². The fourth-order valence-electron chi connectivity index (χ4n) is 5.56. The zero-order valence-corrected chi connectivity index (χ0v) is 17.4. The number of nitrogens with one attached hydrogen (secondary N) is 1. The summed E-state index contributed by atoms with van der Waals surface area (Å²) < 4.78 is 10.7. The number of carbonyl (C=O) groups excluding carboxylic acids is 3. The minimum Gasteiger partial charge on any atom is -0.468 e. The maximum absolute atomic E-state index is 13.7. The average Bonchev–Trinajstić information content (AvgIpc) is 2.85. The number of fused-ring (bicyclic) bond motifs is 4. The largest absolute Gasteiger partial charge is 0.468 e. The summed E-state index contributed by atoms with van der Waals surface area (Å²) in [6.07, 6.45) is -0.353. The fourth-order valence-corrected chi connectivity index (χ4v) is 5.56. The van der Waals surface area contributed by atoms with Crippen LogP contribution in [0.3, 0.4) is 0 Å². The summed E-state index contributed by atoms with van der Waals surface area (Å²) in [6, 6.07) is 7.41. The van der Waals surface area contributed by atoms with Crippen molar-refractivity contribution in [3.63, 3.8) is 0 Å². The normalized spacial score (nSPS) is 37.8. The van der Waals surface area contributed by atoms with Crippen LogP contribution in [0.2, 0.25) is 0 Å². The summed E-state index contributed by atoms with van der Waals surface area (Å²) in [6.45, 7) is 3.59. The number of hydrogen-bond acceptors (Lipinski definition) is 6. The molecule has 1 heterocycles. The Morgan fingerprint density at radius 1 is 1.20 bits per heavy atom. The van der Waals surface area contributed by atoms with E-state index < -0.39 is 59.3 Å². The molecule has 2 N–H and O–H groups in total. The number of rotatable bonds is 3. The number of ether oxygens (including phenoxy) is 2. The first-order valence-corrected chi connectivity index (χ1v) is 9.98. The molecule has 7 unspecified atom stereocenters. The quantitative estimate of drug-likeness (QED) is 0.574. The zero-order valence-electron chi connectivity index (χ0n) is 17.4. The van der Waals surface area contributed by atoms with E-state index in [2.05, 4.69) is 5.32 Å². The Labute approximate surface area is 174 Å². The summed E-state index contributed by atoms with van der Waals surface area (Å²) in [7, 11) is 2.69. The van der Waals surface area contributed by atoms with Gasteiger partial charge in [-0.15, -0.1) is 0 Å². The van der Waals surface area contributed by atoms with E-state index >= 15 is 0 Å². The number of nitrogens with zero attached hydrogens (tertiary/aromatic N) is 1. The molecule has 2 aliphatic carbocycles. The molecule has 2 fully saturated rings. The van der Waals surface area contributed by atoms with E-state index in [-0.39, 0.29) is 0 Å². The van der Waals surface area contributed by atoms with Crippen LogP contribution >= 0.6 is 0 Å². The highest BCUT2D eigenvalue weighted by Gasteiger charge is 2.68. The van der Waals surface area contributed by atoms with Gasteiger partial charge in [0.15, 0.2) is 0 Å². The molecule has 30 heavy (non-hydrogen) atoms. The van der Waals surface area contributed by atoms with E-state index in [0.717, 1.165) is 4.90 Å². The second-order valence-electron chi connectivity index (χ2n) is 8.25. The Balaban J connectivity index is 1.91. The van der Waals surface area contributed by atoms with Crippen molar-refractivity contribution in [1.82, 2.24) is 5.32 Å². The van der Waals surface area contributed by atoms with Gasteiger partial charge in [0.05, 0.1) is 24.8 Å². The monoisotopic (exact) mass is 414 g/mol. The summed E-state index contributed by atoms with van der Waals surface area (Å²) in [4.78, 5) is 40.9. The van der Waals surface area contributed by atoms with Crippen LogP contribution in [-0.2, 0) is 19.1 Å². The fraction of sp³-hybridized carbons (Fsp3) is 0.500. The maximum Gasteiger partial charge on any atom is 0.329 e. The zero-order chi connectivity index (χ0) is 21.8. The number of hydrogen-bond donors (Lipinski definition) is 2. The molecule has 3 amide bonds. The molecule has 8 nitrogen and oxygen atoms in total. The minimum atomic E-state index is -1.40. The first-order valence-electron chi connectivity index (χ1n) is 9.98. The lowest BCUT2D eigenvalue weighted by molar-refractivity contribution is -0.172. The standard InChI is InChI=1S/C22H26N2O6/c1-11-10-14-15-12(2)16(17(29-3)18(25)22(11,14)20(27)30-4)23-21(28)24(19(15)26)13-8-6-5-7-9-13/h5-10,12,14-18,25H,1-4H3,(H,23,28). The van der Waals surface area contributed by atoms with Crippen molar-refractivity contribution < 1.29 is 29.0 Å². The Morgan fingerprint density at radius 3 is 2.43 bits per heavy atom. The van der Waals surface area contributed by atoms with Crippen molar-refractivity contribution >= 4 is 23.6 Å². The molecule has 0 radical (unpaired) electrons. The minimum absolute atomic E-state index is 0.393. The van der Waals surface area contributed by atoms with Gasteiger partial charge < -0.3 is 19.9 Å². The van der Waals surface area contributed by atoms with Crippen LogP contribution in [0.15, 0.2) is 42.0 Å². The summed E-state index contributed by atoms with van der Waals surface area (Å²) >= 11 is 0.